The lowest BCUT2D eigenvalue weighted by molar-refractivity contribution is 0.622. The first kappa shape index (κ1) is 16.3. The maximum absolute atomic E-state index is 3.66. The van der Waals surface area contributed by atoms with Crippen LogP contribution in [-0.4, -0.2) is 6.54 Å². The fourth-order valence-electron chi connectivity index (χ4n) is 2.84. The van der Waals surface area contributed by atoms with E-state index in [0.29, 0.717) is 0 Å². The van der Waals surface area contributed by atoms with Crippen molar-refractivity contribution < 1.29 is 0 Å². The van der Waals surface area contributed by atoms with Gasteiger partial charge in [-0.2, -0.15) is 0 Å². The molecule has 0 saturated carbocycles. The third-order valence-corrected chi connectivity index (χ3v) is 4.87. The summed E-state index contributed by atoms with van der Waals surface area (Å²) in [5.41, 5.74) is 6.80. The number of hydrogen-bond acceptors (Lipinski definition) is 1. The Balaban J connectivity index is 2.56. The van der Waals surface area contributed by atoms with Crippen LogP contribution in [0.1, 0.15) is 47.7 Å². The summed E-state index contributed by atoms with van der Waals surface area (Å²) in [6.07, 6.45) is 1.06. The van der Waals surface area contributed by atoms with Crippen molar-refractivity contribution in [2.75, 3.05) is 6.54 Å². The van der Waals surface area contributed by atoms with Gasteiger partial charge in [-0.05, 0) is 60.7 Å². The molecule has 0 saturated heterocycles. The van der Waals surface area contributed by atoms with Gasteiger partial charge in [0.05, 0.1) is 6.04 Å². The van der Waals surface area contributed by atoms with Crippen molar-refractivity contribution >= 4 is 15.9 Å². The average molecular weight is 346 g/mol. The SMILES string of the molecule is CCNC(c1cc(C)c(Br)cc1C)c1ccccc1CC. The number of halogens is 1. The van der Waals surface area contributed by atoms with E-state index >= 15 is 0 Å². The molecule has 2 rings (SSSR count). The molecule has 2 aromatic rings. The zero-order chi connectivity index (χ0) is 15.4. The molecule has 0 amide bonds. The second kappa shape index (κ2) is 7.24. The highest BCUT2D eigenvalue weighted by Crippen LogP contribution is 2.31. The molecule has 0 aliphatic heterocycles. The van der Waals surface area contributed by atoms with Gasteiger partial charge in [-0.1, -0.05) is 60.1 Å². The Labute approximate surface area is 136 Å². The quantitative estimate of drug-likeness (QED) is 0.772. The minimum absolute atomic E-state index is 0.262. The molecule has 0 radical (unpaired) electrons. The van der Waals surface area contributed by atoms with Gasteiger partial charge in [0.2, 0.25) is 0 Å². The Morgan fingerprint density at radius 1 is 1.00 bits per heavy atom. The van der Waals surface area contributed by atoms with Crippen LogP contribution < -0.4 is 5.32 Å². The van der Waals surface area contributed by atoms with Gasteiger partial charge in [-0.15, -0.1) is 0 Å². The van der Waals surface area contributed by atoms with Crippen LogP contribution in [0, 0.1) is 13.8 Å². The van der Waals surface area contributed by atoms with Gasteiger partial charge in [0.1, 0.15) is 0 Å². The summed E-state index contributed by atoms with van der Waals surface area (Å²) in [6, 6.07) is 13.6. The van der Waals surface area contributed by atoms with E-state index in [9.17, 15) is 0 Å². The molecule has 1 unspecified atom stereocenters. The first-order valence-corrected chi connectivity index (χ1v) is 8.45. The summed E-state index contributed by atoms with van der Waals surface area (Å²) in [5, 5.41) is 3.66. The van der Waals surface area contributed by atoms with Crippen molar-refractivity contribution in [1.29, 1.82) is 0 Å². The normalized spacial score (nSPS) is 12.4. The standard InChI is InChI=1S/C19H24BrN/c1-5-15-9-7-8-10-16(15)19(21-6-2)17-11-14(4)18(20)12-13(17)3/h7-12,19,21H,5-6H2,1-4H3. The predicted molar refractivity (Wildman–Crippen MR) is 95.0 cm³/mol. The minimum Gasteiger partial charge on any atom is -0.307 e. The van der Waals surface area contributed by atoms with Crippen molar-refractivity contribution in [3.63, 3.8) is 0 Å². The molecule has 0 spiro atoms. The Hall–Kier alpha value is -1.12. The van der Waals surface area contributed by atoms with Crippen LogP contribution in [0.15, 0.2) is 40.9 Å². The second-order valence-corrected chi connectivity index (χ2v) is 6.36. The maximum Gasteiger partial charge on any atom is 0.0582 e. The van der Waals surface area contributed by atoms with E-state index < -0.39 is 0 Å². The number of rotatable bonds is 5. The number of benzene rings is 2. The lowest BCUT2D eigenvalue weighted by atomic mass is 9.90. The molecule has 21 heavy (non-hydrogen) atoms. The fraction of sp³-hybridized carbons (Fsp3) is 0.368. The first-order chi connectivity index (χ1) is 10.1. The van der Waals surface area contributed by atoms with Gasteiger partial charge in [-0.3, -0.25) is 0 Å². The van der Waals surface area contributed by atoms with E-state index in [1.54, 1.807) is 0 Å². The molecule has 1 atom stereocenters. The van der Waals surface area contributed by atoms with Gasteiger partial charge in [0.25, 0.3) is 0 Å². The predicted octanol–water partition coefficient (Wildman–Crippen LogP) is 5.33. The molecule has 1 N–H and O–H groups in total. The molecule has 0 bridgehead atoms. The van der Waals surface area contributed by atoms with Gasteiger partial charge >= 0.3 is 0 Å². The smallest absolute Gasteiger partial charge is 0.0582 e. The van der Waals surface area contributed by atoms with E-state index in [2.05, 4.69) is 85.3 Å². The summed E-state index contributed by atoms with van der Waals surface area (Å²) in [6.45, 7) is 9.70. The summed E-state index contributed by atoms with van der Waals surface area (Å²) >= 11 is 3.63. The van der Waals surface area contributed by atoms with Gasteiger partial charge in [0, 0.05) is 4.47 Å². The van der Waals surface area contributed by atoms with Crippen molar-refractivity contribution in [1.82, 2.24) is 5.32 Å². The molecule has 0 aliphatic rings. The topological polar surface area (TPSA) is 12.0 Å². The Kier molecular flexibility index (Phi) is 5.60. The van der Waals surface area contributed by atoms with Crippen LogP contribution in [-0.2, 0) is 6.42 Å². The van der Waals surface area contributed by atoms with E-state index in [1.807, 2.05) is 0 Å². The van der Waals surface area contributed by atoms with Crippen molar-refractivity contribution in [3.8, 4) is 0 Å². The van der Waals surface area contributed by atoms with E-state index in [4.69, 9.17) is 0 Å². The molecule has 0 aliphatic carbocycles. The van der Waals surface area contributed by atoms with Crippen LogP contribution in [0.3, 0.4) is 0 Å². The second-order valence-electron chi connectivity index (χ2n) is 5.50. The van der Waals surface area contributed by atoms with Crippen LogP contribution >= 0.6 is 15.9 Å². The Morgan fingerprint density at radius 2 is 1.71 bits per heavy atom. The van der Waals surface area contributed by atoms with E-state index in [0.717, 1.165) is 13.0 Å². The molecule has 112 valence electrons. The first-order valence-electron chi connectivity index (χ1n) is 7.66. The number of aryl methyl sites for hydroxylation is 3. The fourth-order valence-corrected chi connectivity index (χ4v) is 3.30. The molecule has 0 heterocycles. The lowest BCUT2D eigenvalue weighted by Gasteiger charge is -2.24. The maximum atomic E-state index is 3.66. The molecule has 0 fully saturated rings. The van der Waals surface area contributed by atoms with Crippen molar-refractivity contribution in [2.45, 2.75) is 40.2 Å². The van der Waals surface area contributed by atoms with Crippen molar-refractivity contribution in [3.05, 3.63) is 68.7 Å². The number of nitrogens with one attached hydrogen (secondary N) is 1. The summed E-state index contributed by atoms with van der Waals surface area (Å²) < 4.78 is 1.18. The largest absolute Gasteiger partial charge is 0.307 e. The third-order valence-electron chi connectivity index (χ3n) is 4.01. The van der Waals surface area contributed by atoms with Crippen LogP contribution in [0.4, 0.5) is 0 Å². The molecular weight excluding hydrogens is 322 g/mol. The lowest BCUT2D eigenvalue weighted by Crippen LogP contribution is -2.24. The molecule has 0 aromatic heterocycles. The molecule has 2 aromatic carbocycles. The van der Waals surface area contributed by atoms with Crippen LogP contribution in [0.25, 0.3) is 0 Å². The molecule has 2 heteroatoms. The van der Waals surface area contributed by atoms with Crippen molar-refractivity contribution in [2.24, 2.45) is 0 Å². The van der Waals surface area contributed by atoms with E-state index in [-0.39, 0.29) is 6.04 Å². The highest BCUT2D eigenvalue weighted by molar-refractivity contribution is 9.10. The molecular formula is C19H24BrN. The number of hydrogen-bond donors (Lipinski definition) is 1. The summed E-state index contributed by atoms with van der Waals surface area (Å²) in [5.74, 6) is 0. The Bertz CT molecular complexity index is 619. The highest BCUT2D eigenvalue weighted by atomic mass is 79.9. The third kappa shape index (κ3) is 3.56. The van der Waals surface area contributed by atoms with Gasteiger partial charge in [0.15, 0.2) is 0 Å². The zero-order valence-corrected chi connectivity index (χ0v) is 14.9. The average Bonchev–Trinajstić information content (AvgIpc) is 2.49. The molecule has 1 nitrogen and oxygen atoms in total. The van der Waals surface area contributed by atoms with Gasteiger partial charge in [-0.25, -0.2) is 0 Å². The minimum atomic E-state index is 0.262. The van der Waals surface area contributed by atoms with Crippen LogP contribution in [0.5, 0.6) is 0 Å². The van der Waals surface area contributed by atoms with Gasteiger partial charge < -0.3 is 5.32 Å². The monoisotopic (exact) mass is 345 g/mol. The summed E-state index contributed by atoms with van der Waals surface area (Å²) in [7, 11) is 0. The summed E-state index contributed by atoms with van der Waals surface area (Å²) in [4.78, 5) is 0. The zero-order valence-electron chi connectivity index (χ0n) is 13.3. The van der Waals surface area contributed by atoms with Crippen LogP contribution in [0.2, 0.25) is 0 Å². The highest BCUT2D eigenvalue weighted by Gasteiger charge is 2.18. The van der Waals surface area contributed by atoms with E-state index in [1.165, 1.54) is 32.3 Å². The Morgan fingerprint density at radius 3 is 2.38 bits per heavy atom.